The van der Waals surface area contributed by atoms with Crippen molar-refractivity contribution in [2.24, 2.45) is 5.92 Å². The van der Waals surface area contributed by atoms with Crippen molar-refractivity contribution >= 4 is 48.8 Å². The molecule has 1 aromatic carbocycles. The normalized spacial score (nSPS) is 17.0. The Morgan fingerprint density at radius 1 is 1.24 bits per heavy atom. The fraction of sp³-hybridized carbons (Fsp3) is 0.364. The summed E-state index contributed by atoms with van der Waals surface area (Å²) >= 11 is 1.50. The molecule has 9 nitrogen and oxygen atoms in total. The summed E-state index contributed by atoms with van der Waals surface area (Å²) in [6.07, 6.45) is 1.57. The Bertz CT molecular complexity index is 1440. The maximum absolute atomic E-state index is 13.4. The van der Waals surface area contributed by atoms with Gasteiger partial charge in [0.25, 0.3) is 0 Å². The molecule has 1 atom stereocenters. The van der Waals surface area contributed by atoms with Crippen LogP contribution in [0.5, 0.6) is 0 Å². The number of esters is 1. The molecule has 0 radical (unpaired) electrons. The van der Waals surface area contributed by atoms with Crippen LogP contribution in [0.2, 0.25) is 0 Å². The molecule has 11 heteroatoms. The molecule has 1 fully saturated rings. The molecule has 4 aromatic rings. The summed E-state index contributed by atoms with van der Waals surface area (Å²) in [5, 5.41) is 9.88. The number of aryl methyl sites for hydroxylation is 1. The van der Waals surface area contributed by atoms with Gasteiger partial charge in [0.1, 0.15) is 0 Å². The van der Waals surface area contributed by atoms with Gasteiger partial charge < -0.3 is 9.64 Å². The smallest absolute Gasteiger partial charge is 0.310 e. The number of ether oxygens (including phenoxy) is 1. The van der Waals surface area contributed by atoms with Gasteiger partial charge in [-0.3, -0.25) is 4.79 Å². The van der Waals surface area contributed by atoms with Crippen LogP contribution in [0.15, 0.2) is 45.6 Å². The lowest BCUT2D eigenvalue weighted by Gasteiger charge is -2.32. The van der Waals surface area contributed by atoms with Gasteiger partial charge in [-0.15, -0.1) is 16.4 Å². The van der Waals surface area contributed by atoms with Crippen LogP contribution >= 0.6 is 11.3 Å². The van der Waals surface area contributed by atoms with E-state index < -0.39 is 9.84 Å². The highest BCUT2D eigenvalue weighted by Gasteiger charge is 2.31. The molecule has 4 heterocycles. The highest BCUT2D eigenvalue weighted by molar-refractivity contribution is 7.91. The van der Waals surface area contributed by atoms with Crippen LogP contribution in [0.3, 0.4) is 0 Å². The number of piperidine rings is 1. The zero-order valence-electron chi connectivity index (χ0n) is 18.3. The molecule has 172 valence electrons. The number of carbonyl (C=O) groups excluding carboxylic acids is 1. The largest absolute Gasteiger partial charge is 0.466 e. The average molecular weight is 486 g/mol. The van der Waals surface area contributed by atoms with Gasteiger partial charge in [0.15, 0.2) is 11.5 Å². The van der Waals surface area contributed by atoms with Crippen LogP contribution in [0.25, 0.3) is 15.9 Å². The Hall–Kier alpha value is -3.05. The minimum absolute atomic E-state index is 0.143. The Morgan fingerprint density at radius 3 is 2.79 bits per heavy atom. The SMILES string of the molecule is CCOC(=O)[C@H]1CCCN(c2nc3c(S(=O)(=O)c4ccc(C)cc4)nnn3c3ccsc23)C1. The fourth-order valence-corrected chi connectivity index (χ4v) is 6.27. The molecule has 0 aliphatic carbocycles. The van der Waals surface area contributed by atoms with E-state index in [0.29, 0.717) is 25.5 Å². The van der Waals surface area contributed by atoms with Gasteiger partial charge >= 0.3 is 5.97 Å². The Labute approximate surface area is 194 Å². The van der Waals surface area contributed by atoms with E-state index in [4.69, 9.17) is 9.72 Å². The number of fused-ring (bicyclic) bond motifs is 3. The van der Waals surface area contributed by atoms with Gasteiger partial charge in [0.2, 0.25) is 14.9 Å². The lowest BCUT2D eigenvalue weighted by Crippen LogP contribution is -2.40. The van der Waals surface area contributed by atoms with Crippen molar-refractivity contribution in [3.05, 3.63) is 41.3 Å². The number of anilines is 1. The molecule has 0 amide bonds. The molecule has 0 saturated carbocycles. The van der Waals surface area contributed by atoms with E-state index in [2.05, 4.69) is 10.3 Å². The van der Waals surface area contributed by atoms with Crippen molar-refractivity contribution < 1.29 is 17.9 Å². The number of thiophene rings is 1. The molecule has 3 aromatic heterocycles. The number of benzene rings is 1. The number of carbonyl (C=O) groups is 1. The molecule has 1 saturated heterocycles. The van der Waals surface area contributed by atoms with E-state index >= 15 is 0 Å². The Morgan fingerprint density at radius 2 is 2.03 bits per heavy atom. The molecule has 0 N–H and O–H groups in total. The summed E-state index contributed by atoms with van der Waals surface area (Å²) in [5.41, 5.74) is 1.87. The van der Waals surface area contributed by atoms with E-state index in [1.807, 2.05) is 23.3 Å². The van der Waals surface area contributed by atoms with Gasteiger partial charge in [-0.05, 0) is 50.3 Å². The fourth-order valence-electron chi connectivity index (χ4n) is 4.15. The first-order chi connectivity index (χ1) is 15.9. The van der Waals surface area contributed by atoms with E-state index in [9.17, 15) is 13.2 Å². The minimum Gasteiger partial charge on any atom is -0.466 e. The highest BCUT2D eigenvalue weighted by atomic mass is 32.2. The van der Waals surface area contributed by atoms with Gasteiger partial charge in [-0.25, -0.2) is 13.4 Å². The quantitative estimate of drug-likeness (QED) is 0.397. The van der Waals surface area contributed by atoms with Crippen molar-refractivity contribution in [3.63, 3.8) is 0 Å². The predicted octanol–water partition coefficient (Wildman–Crippen LogP) is 3.26. The molecular weight excluding hydrogens is 462 g/mol. The topological polar surface area (TPSA) is 107 Å². The second kappa shape index (κ2) is 8.38. The monoisotopic (exact) mass is 485 g/mol. The zero-order chi connectivity index (χ0) is 23.2. The van der Waals surface area contributed by atoms with Gasteiger partial charge in [0.05, 0.1) is 27.6 Å². The maximum atomic E-state index is 13.4. The van der Waals surface area contributed by atoms with Crippen LogP contribution in [0.4, 0.5) is 5.82 Å². The van der Waals surface area contributed by atoms with Crippen molar-refractivity contribution in [2.45, 2.75) is 36.6 Å². The number of sulfone groups is 1. The van der Waals surface area contributed by atoms with Gasteiger partial charge in [-0.2, -0.15) is 4.52 Å². The van der Waals surface area contributed by atoms with E-state index in [-0.39, 0.29) is 27.5 Å². The first-order valence-electron chi connectivity index (χ1n) is 10.8. The summed E-state index contributed by atoms with van der Waals surface area (Å²) in [6.45, 7) is 5.22. The maximum Gasteiger partial charge on any atom is 0.310 e. The molecule has 33 heavy (non-hydrogen) atoms. The number of aromatic nitrogens is 4. The van der Waals surface area contributed by atoms with Crippen molar-refractivity contribution in [2.75, 3.05) is 24.6 Å². The van der Waals surface area contributed by atoms with Crippen molar-refractivity contribution in [1.29, 1.82) is 0 Å². The number of nitrogens with zero attached hydrogens (tertiary/aromatic N) is 5. The van der Waals surface area contributed by atoms with Crippen molar-refractivity contribution in [3.8, 4) is 0 Å². The number of hydrogen-bond donors (Lipinski definition) is 0. The molecule has 0 unspecified atom stereocenters. The molecule has 0 spiro atoms. The molecule has 1 aliphatic heterocycles. The van der Waals surface area contributed by atoms with Crippen LogP contribution in [0.1, 0.15) is 25.3 Å². The average Bonchev–Trinajstić information content (AvgIpc) is 3.46. The molecule has 0 bridgehead atoms. The third kappa shape index (κ3) is 3.74. The van der Waals surface area contributed by atoms with Crippen molar-refractivity contribution in [1.82, 2.24) is 19.8 Å². The predicted molar refractivity (Wildman–Crippen MR) is 124 cm³/mol. The van der Waals surface area contributed by atoms with Crippen LogP contribution < -0.4 is 4.90 Å². The third-order valence-corrected chi connectivity index (χ3v) is 8.40. The van der Waals surface area contributed by atoms with Gasteiger partial charge in [-0.1, -0.05) is 22.9 Å². The number of hydrogen-bond acceptors (Lipinski definition) is 9. The second-order valence-corrected chi connectivity index (χ2v) is 10.8. The highest BCUT2D eigenvalue weighted by Crippen LogP contribution is 2.35. The summed E-state index contributed by atoms with van der Waals surface area (Å²) < 4.78 is 34.3. The van der Waals surface area contributed by atoms with Crippen LogP contribution in [-0.4, -0.2) is 53.9 Å². The Balaban J connectivity index is 1.63. The summed E-state index contributed by atoms with van der Waals surface area (Å²) in [7, 11) is -3.92. The summed E-state index contributed by atoms with van der Waals surface area (Å²) in [5.74, 6) is 0.189. The lowest BCUT2D eigenvalue weighted by atomic mass is 9.98. The van der Waals surface area contributed by atoms with Crippen LogP contribution in [0, 0.1) is 12.8 Å². The van der Waals surface area contributed by atoms with E-state index in [1.165, 1.54) is 15.9 Å². The second-order valence-electron chi connectivity index (χ2n) is 8.05. The minimum atomic E-state index is -3.92. The molecular formula is C22H23N5O4S2. The Kier molecular flexibility index (Phi) is 5.53. The summed E-state index contributed by atoms with van der Waals surface area (Å²) in [4.78, 5) is 19.3. The first-order valence-corrected chi connectivity index (χ1v) is 13.1. The summed E-state index contributed by atoms with van der Waals surface area (Å²) in [6, 6.07) is 8.50. The first kappa shape index (κ1) is 21.8. The van der Waals surface area contributed by atoms with E-state index in [1.54, 1.807) is 31.2 Å². The number of rotatable bonds is 5. The molecule has 5 rings (SSSR count). The lowest BCUT2D eigenvalue weighted by molar-refractivity contribution is -0.148. The van der Waals surface area contributed by atoms with E-state index in [0.717, 1.165) is 28.6 Å². The standard InChI is InChI=1S/C22H23N5O4S2/c1-3-31-22(28)15-5-4-11-26(13-15)19-18-17(10-12-32-18)27-20(23-19)21(24-25-27)33(29,30)16-8-6-14(2)7-9-16/h6-10,12,15H,3-5,11,13H2,1-2H3/t15-/m0/s1. The van der Waals surface area contributed by atoms with Crippen LogP contribution in [-0.2, 0) is 19.4 Å². The third-order valence-electron chi connectivity index (χ3n) is 5.83. The van der Waals surface area contributed by atoms with Gasteiger partial charge in [0, 0.05) is 13.1 Å². The molecule has 1 aliphatic rings. The zero-order valence-corrected chi connectivity index (χ0v) is 19.9.